The summed E-state index contributed by atoms with van der Waals surface area (Å²) in [6.07, 6.45) is 3.78. The molecule has 0 atom stereocenters. The van der Waals surface area contributed by atoms with Crippen LogP contribution >= 0.6 is 0 Å². The minimum atomic E-state index is 0.122. The fraction of sp³-hybridized carbons (Fsp3) is 0.357. The van der Waals surface area contributed by atoms with Crippen molar-refractivity contribution in [1.82, 2.24) is 14.8 Å². The number of carbonyl (C=O) groups excluding carboxylic acids is 1. The second-order valence-electron chi connectivity index (χ2n) is 5.02. The Bertz CT molecular complexity index is 649. The zero-order valence-corrected chi connectivity index (χ0v) is 11.4. The van der Waals surface area contributed by atoms with Gasteiger partial charge in [0.2, 0.25) is 5.91 Å². The first-order chi connectivity index (χ1) is 9.65. The topological polar surface area (TPSA) is 77.0 Å². The van der Waals surface area contributed by atoms with Gasteiger partial charge in [-0.2, -0.15) is 5.10 Å². The van der Waals surface area contributed by atoms with E-state index in [1.807, 2.05) is 25.2 Å². The van der Waals surface area contributed by atoms with Gasteiger partial charge in [0.05, 0.1) is 6.54 Å². The fourth-order valence-electron chi connectivity index (χ4n) is 2.55. The Morgan fingerprint density at radius 3 is 2.95 bits per heavy atom. The normalized spacial score (nSPS) is 15.1. The summed E-state index contributed by atoms with van der Waals surface area (Å²) < 4.78 is 1.69. The quantitative estimate of drug-likeness (QED) is 0.834. The average Bonchev–Trinajstić information content (AvgIpc) is 2.75. The number of anilines is 2. The molecule has 0 saturated carbocycles. The molecule has 6 heteroatoms. The molecule has 1 aromatic heterocycles. The van der Waals surface area contributed by atoms with Crippen molar-refractivity contribution >= 4 is 17.3 Å². The van der Waals surface area contributed by atoms with E-state index in [1.165, 1.54) is 6.33 Å². The van der Waals surface area contributed by atoms with Gasteiger partial charge in [-0.3, -0.25) is 9.48 Å². The first-order valence-corrected chi connectivity index (χ1v) is 6.67. The number of amides is 1. The van der Waals surface area contributed by atoms with Crippen LogP contribution in [0.1, 0.15) is 24.2 Å². The average molecular weight is 271 g/mol. The molecule has 0 aliphatic carbocycles. The summed E-state index contributed by atoms with van der Waals surface area (Å²) in [4.78, 5) is 18.3. The number of hydrogen-bond acceptors (Lipinski definition) is 4. The van der Waals surface area contributed by atoms with Gasteiger partial charge in [0.25, 0.3) is 0 Å². The summed E-state index contributed by atoms with van der Waals surface area (Å²) >= 11 is 0. The van der Waals surface area contributed by atoms with Gasteiger partial charge in [-0.25, -0.2) is 4.98 Å². The zero-order chi connectivity index (χ0) is 14.1. The van der Waals surface area contributed by atoms with Crippen molar-refractivity contribution in [3.8, 4) is 0 Å². The minimum absolute atomic E-state index is 0.122. The third-order valence-electron chi connectivity index (χ3n) is 3.64. The molecule has 104 valence electrons. The van der Waals surface area contributed by atoms with Crippen LogP contribution in [-0.2, 0) is 24.8 Å². The lowest BCUT2D eigenvalue weighted by Crippen LogP contribution is -2.30. The van der Waals surface area contributed by atoms with Crippen molar-refractivity contribution < 1.29 is 4.79 Å². The van der Waals surface area contributed by atoms with Gasteiger partial charge in [0.15, 0.2) is 0 Å². The van der Waals surface area contributed by atoms with Gasteiger partial charge in [-0.05, 0) is 36.6 Å². The Hall–Kier alpha value is -2.37. The molecule has 1 aromatic carbocycles. The molecule has 2 heterocycles. The van der Waals surface area contributed by atoms with Crippen molar-refractivity contribution in [2.24, 2.45) is 7.05 Å². The van der Waals surface area contributed by atoms with Gasteiger partial charge >= 0.3 is 0 Å². The summed E-state index contributed by atoms with van der Waals surface area (Å²) in [5, 5.41) is 4.05. The van der Waals surface area contributed by atoms with Crippen molar-refractivity contribution in [1.29, 1.82) is 0 Å². The van der Waals surface area contributed by atoms with E-state index in [-0.39, 0.29) is 5.91 Å². The van der Waals surface area contributed by atoms with Crippen molar-refractivity contribution in [2.75, 3.05) is 10.6 Å². The Morgan fingerprint density at radius 1 is 1.35 bits per heavy atom. The lowest BCUT2D eigenvalue weighted by molar-refractivity contribution is -0.118. The van der Waals surface area contributed by atoms with E-state index in [0.717, 1.165) is 35.6 Å². The van der Waals surface area contributed by atoms with E-state index >= 15 is 0 Å². The molecule has 0 fully saturated rings. The van der Waals surface area contributed by atoms with Crippen LogP contribution in [0.15, 0.2) is 24.5 Å². The number of hydrogen-bond donors (Lipinski definition) is 1. The van der Waals surface area contributed by atoms with Crippen LogP contribution < -0.4 is 10.6 Å². The number of carbonyl (C=O) groups is 1. The first-order valence-electron chi connectivity index (χ1n) is 6.67. The highest BCUT2D eigenvalue weighted by Gasteiger charge is 2.23. The molecule has 1 amide bonds. The zero-order valence-electron chi connectivity index (χ0n) is 11.4. The van der Waals surface area contributed by atoms with E-state index in [2.05, 4.69) is 10.1 Å². The molecule has 2 aromatic rings. The minimum Gasteiger partial charge on any atom is -0.399 e. The Morgan fingerprint density at radius 2 is 2.20 bits per heavy atom. The second-order valence-corrected chi connectivity index (χ2v) is 5.02. The van der Waals surface area contributed by atoms with Crippen molar-refractivity contribution in [3.05, 3.63) is 35.9 Å². The maximum atomic E-state index is 12.3. The summed E-state index contributed by atoms with van der Waals surface area (Å²) in [5.41, 5.74) is 8.63. The van der Waals surface area contributed by atoms with Crippen LogP contribution in [-0.4, -0.2) is 20.7 Å². The SMILES string of the molecule is Cn1ncnc1CN1C(=O)CCCc2cc(N)ccc21. The predicted molar refractivity (Wildman–Crippen MR) is 76.0 cm³/mol. The number of nitrogens with zero attached hydrogens (tertiary/aromatic N) is 4. The molecular formula is C14H17N5O. The Kier molecular flexibility index (Phi) is 3.14. The molecule has 6 nitrogen and oxygen atoms in total. The molecule has 0 bridgehead atoms. The highest BCUT2D eigenvalue weighted by atomic mass is 16.2. The molecule has 0 radical (unpaired) electrons. The number of nitrogen functional groups attached to an aromatic ring is 1. The predicted octanol–water partition coefficient (Wildman–Crippen LogP) is 1.27. The molecule has 0 unspecified atom stereocenters. The number of aromatic nitrogens is 3. The third kappa shape index (κ3) is 2.24. The number of fused-ring (bicyclic) bond motifs is 1. The number of benzene rings is 1. The van der Waals surface area contributed by atoms with Crippen LogP contribution in [0.3, 0.4) is 0 Å². The van der Waals surface area contributed by atoms with Crippen LogP contribution in [0, 0.1) is 0 Å². The molecule has 1 aliphatic rings. The molecule has 3 rings (SSSR count). The van der Waals surface area contributed by atoms with E-state index in [0.29, 0.717) is 13.0 Å². The van der Waals surface area contributed by atoms with Gasteiger partial charge in [-0.15, -0.1) is 0 Å². The van der Waals surface area contributed by atoms with E-state index < -0.39 is 0 Å². The standard InChI is InChI=1S/C14H17N5O/c1-18-13(16-9-17-18)8-19-12-6-5-11(15)7-10(12)3-2-4-14(19)20/h5-7,9H,2-4,8,15H2,1H3. The van der Waals surface area contributed by atoms with Gasteiger partial charge < -0.3 is 10.6 Å². The lowest BCUT2D eigenvalue weighted by Gasteiger charge is -2.22. The number of aryl methyl sites for hydroxylation is 2. The monoisotopic (exact) mass is 271 g/mol. The van der Waals surface area contributed by atoms with E-state index in [1.54, 1.807) is 9.58 Å². The van der Waals surface area contributed by atoms with Crippen molar-refractivity contribution in [2.45, 2.75) is 25.8 Å². The number of nitrogens with two attached hydrogens (primary N) is 1. The van der Waals surface area contributed by atoms with Gasteiger partial charge in [0.1, 0.15) is 12.2 Å². The highest BCUT2D eigenvalue weighted by Crippen LogP contribution is 2.29. The highest BCUT2D eigenvalue weighted by molar-refractivity contribution is 5.95. The van der Waals surface area contributed by atoms with Crippen LogP contribution in [0.25, 0.3) is 0 Å². The van der Waals surface area contributed by atoms with Crippen LogP contribution in [0.4, 0.5) is 11.4 Å². The molecule has 0 saturated heterocycles. The molecule has 1 aliphatic heterocycles. The maximum Gasteiger partial charge on any atom is 0.227 e. The molecule has 20 heavy (non-hydrogen) atoms. The van der Waals surface area contributed by atoms with Crippen LogP contribution in [0.5, 0.6) is 0 Å². The van der Waals surface area contributed by atoms with E-state index in [9.17, 15) is 4.79 Å². The molecule has 0 spiro atoms. The van der Waals surface area contributed by atoms with Gasteiger partial charge in [0, 0.05) is 24.8 Å². The van der Waals surface area contributed by atoms with Gasteiger partial charge in [-0.1, -0.05) is 0 Å². The maximum absolute atomic E-state index is 12.3. The smallest absolute Gasteiger partial charge is 0.227 e. The molecular weight excluding hydrogens is 254 g/mol. The Balaban J connectivity index is 2.00. The number of rotatable bonds is 2. The van der Waals surface area contributed by atoms with E-state index in [4.69, 9.17) is 5.73 Å². The third-order valence-corrected chi connectivity index (χ3v) is 3.64. The Labute approximate surface area is 117 Å². The molecule has 2 N–H and O–H groups in total. The van der Waals surface area contributed by atoms with Crippen molar-refractivity contribution in [3.63, 3.8) is 0 Å². The second kappa shape index (κ2) is 4.96. The summed E-state index contributed by atoms with van der Waals surface area (Å²) in [6, 6.07) is 5.71. The summed E-state index contributed by atoms with van der Waals surface area (Å²) in [7, 11) is 1.83. The summed E-state index contributed by atoms with van der Waals surface area (Å²) in [6.45, 7) is 0.437. The van der Waals surface area contributed by atoms with Crippen LogP contribution in [0.2, 0.25) is 0 Å². The lowest BCUT2D eigenvalue weighted by atomic mass is 10.1. The fourth-order valence-corrected chi connectivity index (χ4v) is 2.55. The summed E-state index contributed by atoms with van der Waals surface area (Å²) in [5.74, 6) is 0.888. The largest absolute Gasteiger partial charge is 0.399 e. The first kappa shape index (κ1) is 12.7.